The van der Waals surface area contributed by atoms with Crippen LogP contribution in [0, 0.1) is 17.8 Å². The zero-order valence-electron chi connectivity index (χ0n) is 16.0. The highest BCUT2D eigenvalue weighted by Gasteiger charge is 2.62. The van der Waals surface area contributed by atoms with E-state index >= 15 is 0 Å². The average Bonchev–Trinajstić information content (AvgIpc) is 2.52. The first-order chi connectivity index (χ1) is 12.3. The molecule has 1 aliphatic carbocycles. The highest BCUT2D eigenvalue weighted by Crippen LogP contribution is 2.52. The number of hydrogen-bond donors (Lipinski definition) is 3. The van der Waals surface area contributed by atoms with Gasteiger partial charge in [0.25, 0.3) is 0 Å². The van der Waals surface area contributed by atoms with Crippen molar-refractivity contribution in [2.24, 2.45) is 17.8 Å². The standard InChI is InChI=1S/C17H27F7O4/c1-5-13(2,18)12(28-27)9-6-10(14(3,25)16(19,20)21)8-11(7-9)15(4,26)17(22,23)24/h9-12,25-27H,5-8H2,1-4H3. The van der Waals surface area contributed by atoms with Crippen LogP contribution in [0.15, 0.2) is 0 Å². The number of rotatable bonds is 6. The number of alkyl halides is 7. The van der Waals surface area contributed by atoms with Crippen molar-refractivity contribution in [2.75, 3.05) is 0 Å². The minimum absolute atomic E-state index is 0.227. The van der Waals surface area contributed by atoms with Crippen molar-refractivity contribution in [3.05, 3.63) is 0 Å². The van der Waals surface area contributed by atoms with Crippen LogP contribution in [0.25, 0.3) is 0 Å². The molecule has 6 atom stereocenters. The minimum atomic E-state index is -5.16. The Kier molecular flexibility index (Phi) is 7.15. The predicted octanol–water partition coefficient (Wildman–Crippen LogP) is 4.64. The van der Waals surface area contributed by atoms with Gasteiger partial charge in [0, 0.05) is 0 Å². The van der Waals surface area contributed by atoms with E-state index < -0.39 is 72.3 Å². The van der Waals surface area contributed by atoms with Gasteiger partial charge in [-0.3, -0.25) is 5.26 Å². The molecule has 0 amide bonds. The normalized spacial score (nSPS) is 32.1. The molecule has 0 spiro atoms. The van der Waals surface area contributed by atoms with Crippen molar-refractivity contribution in [1.29, 1.82) is 0 Å². The lowest BCUT2D eigenvalue weighted by atomic mass is 9.62. The summed E-state index contributed by atoms with van der Waals surface area (Å²) in [5.41, 5.74) is -8.99. The van der Waals surface area contributed by atoms with Crippen LogP contribution in [0.2, 0.25) is 0 Å². The summed E-state index contributed by atoms with van der Waals surface area (Å²) in [6.07, 6.45) is -14.1. The van der Waals surface area contributed by atoms with Crippen LogP contribution in [0.4, 0.5) is 30.7 Å². The molecule has 0 bridgehead atoms. The molecule has 168 valence electrons. The van der Waals surface area contributed by atoms with Crippen LogP contribution in [0.5, 0.6) is 0 Å². The summed E-state index contributed by atoms with van der Waals surface area (Å²) in [4.78, 5) is 4.14. The predicted molar refractivity (Wildman–Crippen MR) is 85.0 cm³/mol. The van der Waals surface area contributed by atoms with Crippen molar-refractivity contribution in [1.82, 2.24) is 0 Å². The third-order valence-electron chi connectivity index (χ3n) is 6.31. The minimum Gasteiger partial charge on any atom is -0.380 e. The SMILES string of the molecule is CCC(C)(F)C(OO)C1CC(C(C)(O)C(F)(F)F)CC(C(C)(O)C(F)(F)F)C1. The Labute approximate surface area is 158 Å². The maximum atomic E-state index is 14.7. The summed E-state index contributed by atoms with van der Waals surface area (Å²) in [7, 11) is 0. The molecule has 1 aliphatic rings. The second-order valence-corrected chi connectivity index (χ2v) is 8.31. The van der Waals surface area contributed by atoms with E-state index in [9.17, 15) is 40.9 Å². The second-order valence-electron chi connectivity index (χ2n) is 8.31. The van der Waals surface area contributed by atoms with Gasteiger partial charge in [-0.25, -0.2) is 9.28 Å². The van der Waals surface area contributed by atoms with Gasteiger partial charge in [-0.15, -0.1) is 0 Å². The zero-order valence-corrected chi connectivity index (χ0v) is 16.0. The van der Waals surface area contributed by atoms with Gasteiger partial charge in [0.15, 0.2) is 11.2 Å². The Morgan fingerprint density at radius 1 is 0.821 bits per heavy atom. The van der Waals surface area contributed by atoms with E-state index in [0.29, 0.717) is 13.8 Å². The quantitative estimate of drug-likeness (QED) is 0.328. The van der Waals surface area contributed by atoms with Crippen molar-refractivity contribution >= 4 is 0 Å². The van der Waals surface area contributed by atoms with E-state index in [4.69, 9.17) is 5.26 Å². The van der Waals surface area contributed by atoms with Gasteiger partial charge in [-0.1, -0.05) is 6.92 Å². The van der Waals surface area contributed by atoms with Crippen LogP contribution in [-0.2, 0) is 4.89 Å². The van der Waals surface area contributed by atoms with Crippen molar-refractivity contribution in [3.8, 4) is 0 Å². The molecule has 0 heterocycles. The third-order valence-corrected chi connectivity index (χ3v) is 6.31. The molecule has 28 heavy (non-hydrogen) atoms. The Bertz CT molecular complexity index is 495. The molecular weight excluding hydrogens is 401 g/mol. The fourth-order valence-electron chi connectivity index (χ4n) is 3.88. The molecule has 0 aromatic carbocycles. The lowest BCUT2D eigenvalue weighted by Crippen LogP contribution is -2.58. The van der Waals surface area contributed by atoms with Crippen molar-refractivity contribution < 1.29 is 51.1 Å². The summed E-state index contributed by atoms with van der Waals surface area (Å²) in [5.74, 6) is -4.84. The van der Waals surface area contributed by atoms with Gasteiger partial charge in [-0.2, -0.15) is 26.3 Å². The topological polar surface area (TPSA) is 69.9 Å². The molecular formula is C17H27F7O4. The first-order valence-corrected chi connectivity index (χ1v) is 8.90. The van der Waals surface area contributed by atoms with E-state index in [0.717, 1.165) is 6.92 Å². The fraction of sp³-hybridized carbons (Fsp3) is 1.00. The smallest absolute Gasteiger partial charge is 0.380 e. The van der Waals surface area contributed by atoms with E-state index in [-0.39, 0.29) is 6.42 Å². The van der Waals surface area contributed by atoms with E-state index in [1.807, 2.05) is 0 Å². The lowest BCUT2D eigenvalue weighted by molar-refractivity contribution is -0.332. The van der Waals surface area contributed by atoms with Gasteiger partial charge in [0.2, 0.25) is 0 Å². The third kappa shape index (κ3) is 4.73. The van der Waals surface area contributed by atoms with E-state index in [2.05, 4.69) is 4.89 Å². The van der Waals surface area contributed by atoms with Crippen molar-refractivity contribution in [3.63, 3.8) is 0 Å². The molecule has 1 saturated carbocycles. The van der Waals surface area contributed by atoms with Crippen LogP contribution < -0.4 is 0 Å². The largest absolute Gasteiger partial charge is 0.417 e. The molecule has 0 aromatic heterocycles. The second kappa shape index (κ2) is 7.88. The Balaban J connectivity index is 3.40. The van der Waals surface area contributed by atoms with Gasteiger partial charge >= 0.3 is 12.4 Å². The molecule has 1 fully saturated rings. The number of hydrogen-bond acceptors (Lipinski definition) is 4. The zero-order chi connectivity index (χ0) is 22.3. The number of halogens is 7. The number of aliphatic hydroxyl groups is 2. The molecule has 4 nitrogen and oxygen atoms in total. The Hall–Kier alpha value is -0.650. The van der Waals surface area contributed by atoms with Crippen molar-refractivity contribution in [2.45, 2.75) is 88.7 Å². The molecule has 0 saturated heterocycles. The molecule has 1 rings (SSSR count). The molecule has 0 aliphatic heterocycles. The summed E-state index contributed by atoms with van der Waals surface area (Å²) >= 11 is 0. The highest BCUT2D eigenvalue weighted by molar-refractivity contribution is 5.02. The van der Waals surface area contributed by atoms with E-state index in [1.54, 1.807) is 0 Å². The van der Waals surface area contributed by atoms with Gasteiger partial charge in [0.05, 0.1) is 0 Å². The average molecular weight is 428 g/mol. The van der Waals surface area contributed by atoms with Gasteiger partial charge < -0.3 is 10.2 Å². The van der Waals surface area contributed by atoms with Crippen LogP contribution in [0.1, 0.15) is 53.4 Å². The fourth-order valence-corrected chi connectivity index (χ4v) is 3.88. The maximum absolute atomic E-state index is 14.7. The Morgan fingerprint density at radius 3 is 1.43 bits per heavy atom. The molecule has 0 radical (unpaired) electrons. The van der Waals surface area contributed by atoms with Gasteiger partial charge in [0.1, 0.15) is 11.8 Å². The van der Waals surface area contributed by atoms with Gasteiger partial charge in [-0.05, 0) is 64.2 Å². The monoisotopic (exact) mass is 428 g/mol. The van der Waals surface area contributed by atoms with Crippen LogP contribution in [-0.4, -0.2) is 50.8 Å². The highest BCUT2D eigenvalue weighted by atomic mass is 19.4. The summed E-state index contributed by atoms with van der Waals surface area (Å²) < 4.78 is 94.5. The lowest BCUT2D eigenvalue weighted by Gasteiger charge is -2.48. The first kappa shape index (κ1) is 25.4. The Morgan fingerprint density at radius 2 is 1.18 bits per heavy atom. The summed E-state index contributed by atoms with van der Waals surface area (Å²) in [6, 6.07) is 0. The first-order valence-electron chi connectivity index (χ1n) is 8.90. The maximum Gasteiger partial charge on any atom is 0.417 e. The molecule has 0 aromatic rings. The van der Waals surface area contributed by atoms with Crippen LogP contribution >= 0.6 is 0 Å². The summed E-state index contributed by atoms with van der Waals surface area (Å²) in [5, 5.41) is 29.2. The molecule has 6 unspecified atom stereocenters. The van der Waals surface area contributed by atoms with Crippen LogP contribution in [0.3, 0.4) is 0 Å². The van der Waals surface area contributed by atoms with E-state index in [1.165, 1.54) is 6.92 Å². The molecule has 11 heteroatoms. The molecule has 3 N–H and O–H groups in total. The summed E-state index contributed by atoms with van der Waals surface area (Å²) in [6.45, 7) is 3.25.